The largest absolute Gasteiger partial charge is 0.343 e. The number of amides is 2. The summed E-state index contributed by atoms with van der Waals surface area (Å²) in [6.45, 7) is 14.6. The molecule has 0 fully saturated rings. The first kappa shape index (κ1) is 29.5. The Bertz CT molecular complexity index is 637. The van der Waals surface area contributed by atoms with Gasteiger partial charge in [-0.1, -0.05) is 62.1 Å². The lowest BCUT2D eigenvalue weighted by molar-refractivity contribution is -0.131. The van der Waals surface area contributed by atoms with Gasteiger partial charge in [0.15, 0.2) is 0 Å². The van der Waals surface area contributed by atoms with Crippen LogP contribution in [-0.4, -0.2) is 29.4 Å². The van der Waals surface area contributed by atoms with Crippen LogP contribution in [0.3, 0.4) is 0 Å². The Hall–Kier alpha value is -1.53. The molecule has 0 saturated heterocycles. The van der Waals surface area contributed by atoms with Gasteiger partial charge in [-0.05, 0) is 59.3 Å². The minimum atomic E-state index is -0.617. The zero-order valence-corrected chi connectivity index (χ0v) is 21.5. The van der Waals surface area contributed by atoms with Crippen molar-refractivity contribution >= 4 is 23.6 Å². The van der Waals surface area contributed by atoms with E-state index in [1.807, 2.05) is 13.8 Å². The average Bonchev–Trinajstić information content (AvgIpc) is 2.73. The number of thioether (sulfide) groups is 1. The smallest absolute Gasteiger partial charge is 0.257 e. The minimum absolute atomic E-state index is 0.0954. The molecule has 0 bridgehead atoms. The molecule has 0 aliphatic rings. The lowest BCUT2D eigenvalue weighted by atomic mass is 9.92. The van der Waals surface area contributed by atoms with Crippen LogP contribution in [0.2, 0.25) is 0 Å². The number of hydrogen-bond acceptors (Lipinski definition) is 4. The first-order chi connectivity index (χ1) is 14.6. The van der Waals surface area contributed by atoms with Crippen LogP contribution in [0, 0.1) is 11.8 Å². The van der Waals surface area contributed by atoms with Crippen LogP contribution in [0.5, 0.6) is 0 Å². The second-order valence-corrected chi connectivity index (χ2v) is 9.82. The van der Waals surface area contributed by atoms with Gasteiger partial charge in [-0.2, -0.15) is 11.8 Å². The van der Waals surface area contributed by atoms with Crippen LogP contribution < -0.4 is 16.6 Å². The normalized spacial score (nSPS) is 15.1. The topological polar surface area (TPSA) is 84.2 Å². The van der Waals surface area contributed by atoms with Crippen molar-refractivity contribution in [1.29, 1.82) is 0 Å². The highest BCUT2D eigenvalue weighted by molar-refractivity contribution is 7.99. The summed E-state index contributed by atoms with van der Waals surface area (Å²) < 4.78 is 0. The van der Waals surface area contributed by atoms with E-state index in [4.69, 9.17) is 5.84 Å². The molecule has 6 heteroatoms. The molecule has 3 atom stereocenters. The molecule has 0 aliphatic carbocycles. The third-order valence-corrected chi connectivity index (χ3v) is 6.61. The summed E-state index contributed by atoms with van der Waals surface area (Å²) in [4.78, 5) is 24.5. The predicted octanol–water partition coefficient (Wildman–Crippen LogP) is 5.30. The van der Waals surface area contributed by atoms with Crippen molar-refractivity contribution in [2.45, 2.75) is 86.6 Å². The molecule has 0 spiro atoms. The molecule has 0 aromatic carbocycles. The number of hydrogen-bond donors (Lipinski definition) is 3. The summed E-state index contributed by atoms with van der Waals surface area (Å²) in [7, 11) is 0. The highest BCUT2D eigenvalue weighted by Gasteiger charge is 2.25. The van der Waals surface area contributed by atoms with Gasteiger partial charge in [0.1, 0.15) is 6.04 Å². The fraction of sp³-hybridized carbons (Fsp3) is 0.680. The second kappa shape index (κ2) is 17.1. The van der Waals surface area contributed by atoms with Gasteiger partial charge in [0.05, 0.1) is 0 Å². The van der Waals surface area contributed by atoms with Crippen molar-refractivity contribution in [2.75, 3.05) is 11.5 Å². The van der Waals surface area contributed by atoms with E-state index in [-0.39, 0.29) is 23.7 Å². The molecule has 31 heavy (non-hydrogen) atoms. The molecule has 1 unspecified atom stereocenters. The minimum Gasteiger partial charge on any atom is -0.343 e. The highest BCUT2D eigenvalue weighted by atomic mass is 32.2. The second-order valence-electron chi connectivity index (χ2n) is 8.74. The van der Waals surface area contributed by atoms with E-state index in [2.05, 4.69) is 63.6 Å². The SMILES string of the molecule is CC[C@H](C)C(C)C(=O)N[C@@H](CSC/C=C(\C)CC/C=C(\C)CCC=C(C)C)C(=O)NN. The van der Waals surface area contributed by atoms with E-state index in [0.29, 0.717) is 5.75 Å². The van der Waals surface area contributed by atoms with Crippen LogP contribution in [0.25, 0.3) is 0 Å². The molecule has 0 aliphatic heterocycles. The van der Waals surface area contributed by atoms with Crippen molar-refractivity contribution in [2.24, 2.45) is 17.7 Å². The predicted molar refractivity (Wildman–Crippen MR) is 136 cm³/mol. The molecule has 4 N–H and O–H groups in total. The van der Waals surface area contributed by atoms with Crippen LogP contribution >= 0.6 is 11.8 Å². The maximum atomic E-state index is 12.4. The van der Waals surface area contributed by atoms with Crippen LogP contribution in [0.1, 0.15) is 80.6 Å². The van der Waals surface area contributed by atoms with Crippen LogP contribution in [0.15, 0.2) is 34.9 Å². The molecule has 5 nitrogen and oxygen atoms in total. The molecule has 0 radical (unpaired) electrons. The summed E-state index contributed by atoms with van der Waals surface area (Å²) in [6.07, 6.45) is 12.1. The molecule has 178 valence electrons. The van der Waals surface area contributed by atoms with Crippen molar-refractivity contribution in [1.82, 2.24) is 10.7 Å². The monoisotopic (exact) mass is 451 g/mol. The Balaban J connectivity index is 4.45. The Morgan fingerprint density at radius 1 is 0.935 bits per heavy atom. The third kappa shape index (κ3) is 14.2. The van der Waals surface area contributed by atoms with Crippen molar-refractivity contribution in [3.8, 4) is 0 Å². The maximum absolute atomic E-state index is 12.4. The van der Waals surface area contributed by atoms with Crippen molar-refractivity contribution in [3.05, 3.63) is 34.9 Å². The molecular weight excluding hydrogens is 406 g/mol. The highest BCUT2D eigenvalue weighted by Crippen LogP contribution is 2.16. The van der Waals surface area contributed by atoms with Gasteiger partial charge in [0, 0.05) is 17.4 Å². The standard InChI is InChI=1S/C25H45N3O2S/c1-8-21(6)22(7)24(29)27-23(25(30)28-26)17-31-16-15-20(5)14-10-13-19(4)12-9-11-18(2)3/h11,13,15,21-23H,8-10,12,14,16-17,26H2,1-7H3,(H,27,29)(H,28,30)/b19-13+,20-15+/t21-,22?,23-/m0/s1. The van der Waals surface area contributed by atoms with E-state index in [0.717, 1.165) is 37.9 Å². The zero-order valence-electron chi connectivity index (χ0n) is 20.7. The van der Waals surface area contributed by atoms with Gasteiger partial charge in [-0.3, -0.25) is 15.0 Å². The zero-order chi connectivity index (χ0) is 23.8. The number of carbonyl (C=O) groups excluding carboxylic acids is 2. The molecule has 0 aromatic rings. The summed E-state index contributed by atoms with van der Waals surface area (Å²) >= 11 is 1.63. The Kier molecular flexibility index (Phi) is 16.2. The Morgan fingerprint density at radius 3 is 2.06 bits per heavy atom. The van der Waals surface area contributed by atoms with E-state index in [1.54, 1.807) is 11.8 Å². The summed E-state index contributed by atoms with van der Waals surface area (Å²) in [5, 5.41) is 2.86. The number of hydrazine groups is 1. The average molecular weight is 452 g/mol. The number of nitrogens with two attached hydrogens (primary N) is 1. The maximum Gasteiger partial charge on any atom is 0.257 e. The van der Waals surface area contributed by atoms with Crippen molar-refractivity contribution < 1.29 is 9.59 Å². The molecule has 0 saturated carbocycles. The molecule has 0 rings (SSSR count). The molecule has 0 aromatic heterocycles. The van der Waals surface area contributed by atoms with E-state index < -0.39 is 6.04 Å². The van der Waals surface area contributed by atoms with E-state index >= 15 is 0 Å². The molecular formula is C25H45N3O2S. The fourth-order valence-corrected chi connectivity index (χ4v) is 3.93. The molecule has 0 heterocycles. The summed E-state index contributed by atoms with van der Waals surface area (Å²) in [6, 6.07) is -0.617. The quantitative estimate of drug-likeness (QED) is 0.104. The van der Waals surface area contributed by atoms with Crippen LogP contribution in [-0.2, 0) is 9.59 Å². The number of nitrogens with one attached hydrogen (secondary N) is 2. The van der Waals surface area contributed by atoms with Gasteiger partial charge in [-0.25, -0.2) is 5.84 Å². The van der Waals surface area contributed by atoms with Gasteiger partial charge in [0.25, 0.3) is 5.91 Å². The number of carbonyl (C=O) groups is 2. The fourth-order valence-electron chi connectivity index (χ4n) is 2.92. The third-order valence-electron chi connectivity index (χ3n) is 5.64. The molecule has 2 amide bonds. The van der Waals surface area contributed by atoms with Gasteiger partial charge >= 0.3 is 0 Å². The summed E-state index contributed by atoms with van der Waals surface area (Å²) in [5.41, 5.74) is 6.33. The first-order valence-corrected chi connectivity index (χ1v) is 12.6. The van der Waals surface area contributed by atoms with Crippen molar-refractivity contribution in [3.63, 3.8) is 0 Å². The summed E-state index contributed by atoms with van der Waals surface area (Å²) in [5.74, 6) is 6.29. The number of allylic oxidation sites excluding steroid dienone is 5. The van der Waals surface area contributed by atoms with Gasteiger partial charge in [-0.15, -0.1) is 0 Å². The van der Waals surface area contributed by atoms with Crippen LogP contribution in [0.4, 0.5) is 0 Å². The lowest BCUT2D eigenvalue weighted by Gasteiger charge is -2.22. The first-order valence-electron chi connectivity index (χ1n) is 11.4. The lowest BCUT2D eigenvalue weighted by Crippen LogP contribution is -2.52. The van der Waals surface area contributed by atoms with E-state index in [9.17, 15) is 9.59 Å². The Morgan fingerprint density at radius 2 is 1.52 bits per heavy atom. The Labute approximate surface area is 194 Å². The number of rotatable bonds is 15. The van der Waals surface area contributed by atoms with E-state index in [1.165, 1.54) is 16.7 Å². The van der Waals surface area contributed by atoms with Gasteiger partial charge in [0.2, 0.25) is 5.91 Å². The van der Waals surface area contributed by atoms with Gasteiger partial charge < -0.3 is 5.32 Å².